The summed E-state index contributed by atoms with van der Waals surface area (Å²) in [6, 6.07) is 0. The Balaban J connectivity index is 2.32. The third kappa shape index (κ3) is 1.55. The summed E-state index contributed by atoms with van der Waals surface area (Å²) in [7, 11) is 0. The fraction of sp³-hybridized carbons (Fsp3) is 0.786. The van der Waals surface area contributed by atoms with Gasteiger partial charge in [-0.15, -0.1) is 0 Å². The van der Waals surface area contributed by atoms with Crippen LogP contribution in [-0.4, -0.2) is 18.0 Å². The monoisotopic (exact) mass is 222 g/mol. The maximum atomic E-state index is 12.2. The fourth-order valence-electron chi connectivity index (χ4n) is 3.27. The maximum Gasteiger partial charge on any atom is 0.165 e. The Morgan fingerprint density at radius 3 is 2.62 bits per heavy atom. The van der Waals surface area contributed by atoms with Crippen molar-refractivity contribution in [3.8, 4) is 0 Å². The highest BCUT2D eigenvalue weighted by Gasteiger charge is 2.57. The predicted molar refractivity (Wildman–Crippen MR) is 64.2 cm³/mol. The maximum absolute atomic E-state index is 12.2. The molecule has 2 aliphatic rings. The van der Waals surface area contributed by atoms with Gasteiger partial charge in [0.25, 0.3) is 0 Å². The van der Waals surface area contributed by atoms with Gasteiger partial charge in [0, 0.05) is 12.3 Å². The smallest absolute Gasteiger partial charge is 0.165 e. The molecule has 0 bridgehead atoms. The van der Waals surface area contributed by atoms with Crippen LogP contribution in [0.5, 0.6) is 0 Å². The van der Waals surface area contributed by atoms with E-state index in [0.717, 1.165) is 12.0 Å². The van der Waals surface area contributed by atoms with Crippen LogP contribution in [0.1, 0.15) is 40.5 Å². The van der Waals surface area contributed by atoms with Gasteiger partial charge in [-0.25, -0.2) is 0 Å². The number of rotatable bonds is 1. The molecule has 0 spiro atoms. The molecule has 0 aromatic rings. The Morgan fingerprint density at radius 1 is 1.44 bits per heavy atom. The van der Waals surface area contributed by atoms with Gasteiger partial charge in [0.1, 0.15) is 5.60 Å². The number of hydrogen-bond donors (Lipinski definition) is 0. The van der Waals surface area contributed by atoms with E-state index in [4.69, 9.17) is 4.74 Å². The molecule has 3 atom stereocenters. The second-order valence-electron chi connectivity index (χ2n) is 6.34. The van der Waals surface area contributed by atoms with Crippen LogP contribution in [0.25, 0.3) is 0 Å². The molecule has 1 aliphatic carbocycles. The van der Waals surface area contributed by atoms with E-state index in [-0.39, 0.29) is 11.2 Å². The van der Waals surface area contributed by atoms with E-state index >= 15 is 0 Å². The van der Waals surface area contributed by atoms with Crippen molar-refractivity contribution >= 4 is 5.78 Å². The van der Waals surface area contributed by atoms with E-state index < -0.39 is 5.60 Å². The van der Waals surface area contributed by atoms with Gasteiger partial charge >= 0.3 is 0 Å². The van der Waals surface area contributed by atoms with E-state index in [1.807, 2.05) is 13.8 Å². The molecule has 1 saturated carbocycles. The molecule has 1 heterocycles. The summed E-state index contributed by atoms with van der Waals surface area (Å²) in [6.07, 6.45) is 1.66. The van der Waals surface area contributed by atoms with Crippen molar-refractivity contribution in [2.75, 3.05) is 6.61 Å². The first-order valence-corrected chi connectivity index (χ1v) is 6.10. The topological polar surface area (TPSA) is 26.3 Å². The van der Waals surface area contributed by atoms with Gasteiger partial charge in [-0.1, -0.05) is 26.0 Å². The van der Waals surface area contributed by atoms with Crippen LogP contribution < -0.4 is 0 Å². The number of ether oxygens (including phenoxy) is 1. The van der Waals surface area contributed by atoms with Crippen LogP contribution in [0.15, 0.2) is 12.2 Å². The van der Waals surface area contributed by atoms with E-state index in [9.17, 15) is 4.79 Å². The average molecular weight is 222 g/mol. The van der Waals surface area contributed by atoms with Crippen LogP contribution in [0.2, 0.25) is 0 Å². The summed E-state index contributed by atoms with van der Waals surface area (Å²) in [4.78, 5) is 12.2. The number of hydrogen-bond acceptors (Lipinski definition) is 2. The Morgan fingerprint density at radius 2 is 2.06 bits per heavy atom. The van der Waals surface area contributed by atoms with Gasteiger partial charge in [0.15, 0.2) is 5.78 Å². The molecule has 90 valence electrons. The summed E-state index contributed by atoms with van der Waals surface area (Å²) < 4.78 is 5.82. The third-order valence-electron chi connectivity index (χ3n) is 4.55. The van der Waals surface area contributed by atoms with Crippen molar-refractivity contribution in [2.45, 2.75) is 46.1 Å². The first-order valence-electron chi connectivity index (χ1n) is 6.10. The van der Waals surface area contributed by atoms with Gasteiger partial charge in [-0.2, -0.15) is 0 Å². The third-order valence-corrected chi connectivity index (χ3v) is 4.55. The van der Waals surface area contributed by atoms with Crippen molar-refractivity contribution in [1.82, 2.24) is 0 Å². The molecular weight excluding hydrogens is 200 g/mol. The predicted octanol–water partition coefficient (Wildman–Crippen LogP) is 2.97. The lowest BCUT2D eigenvalue weighted by Gasteiger charge is -2.41. The normalized spacial score (nSPS) is 41.9. The lowest BCUT2D eigenvalue weighted by atomic mass is 9.62. The van der Waals surface area contributed by atoms with Crippen molar-refractivity contribution < 1.29 is 9.53 Å². The molecule has 0 radical (unpaired) electrons. The van der Waals surface area contributed by atoms with Gasteiger partial charge in [0.2, 0.25) is 0 Å². The quantitative estimate of drug-likeness (QED) is 0.638. The zero-order valence-corrected chi connectivity index (χ0v) is 10.8. The van der Waals surface area contributed by atoms with E-state index in [1.54, 1.807) is 0 Å². The summed E-state index contributed by atoms with van der Waals surface area (Å²) in [5, 5.41) is 0. The molecule has 0 N–H and O–H groups in total. The molecule has 1 saturated heterocycles. The first-order chi connectivity index (χ1) is 7.27. The van der Waals surface area contributed by atoms with Crippen molar-refractivity contribution in [3.05, 3.63) is 12.2 Å². The highest BCUT2D eigenvalue weighted by molar-refractivity contribution is 5.89. The number of Topliss-reactive ketones (excluding diaryl/α,β-unsaturated/α-hetero) is 1. The minimum atomic E-state index is -0.532. The number of carbonyl (C=O) groups excluding carboxylic acids is 1. The van der Waals surface area contributed by atoms with E-state index in [2.05, 4.69) is 20.4 Å². The van der Waals surface area contributed by atoms with Crippen molar-refractivity contribution in [3.63, 3.8) is 0 Å². The molecule has 0 aromatic carbocycles. The second-order valence-corrected chi connectivity index (χ2v) is 6.34. The van der Waals surface area contributed by atoms with E-state index in [1.165, 1.54) is 0 Å². The van der Waals surface area contributed by atoms with Crippen LogP contribution in [0.3, 0.4) is 0 Å². The zero-order valence-electron chi connectivity index (χ0n) is 10.8. The Labute approximate surface area is 98.1 Å². The van der Waals surface area contributed by atoms with Gasteiger partial charge in [-0.05, 0) is 31.6 Å². The number of fused-ring (bicyclic) bond motifs is 1. The van der Waals surface area contributed by atoms with Crippen molar-refractivity contribution in [1.29, 1.82) is 0 Å². The summed E-state index contributed by atoms with van der Waals surface area (Å²) in [6.45, 7) is 13.1. The largest absolute Gasteiger partial charge is 0.367 e. The highest BCUT2D eigenvalue weighted by Crippen LogP contribution is 2.52. The average Bonchev–Trinajstić information content (AvgIpc) is 2.41. The SMILES string of the molecule is C=C(C)[C@H]1CC(=O)[C@@]2(C)OCC(C)(C)[C@H]2C1. The molecular formula is C14H22O2. The molecule has 2 fully saturated rings. The summed E-state index contributed by atoms with van der Waals surface area (Å²) >= 11 is 0. The molecule has 2 nitrogen and oxygen atoms in total. The zero-order chi connectivity index (χ0) is 12.1. The second kappa shape index (κ2) is 3.43. The number of ketones is 1. The van der Waals surface area contributed by atoms with Crippen LogP contribution in [0.4, 0.5) is 0 Å². The van der Waals surface area contributed by atoms with Gasteiger partial charge in [-0.3, -0.25) is 4.79 Å². The molecule has 0 unspecified atom stereocenters. The van der Waals surface area contributed by atoms with Crippen LogP contribution >= 0.6 is 0 Å². The first kappa shape index (κ1) is 11.8. The number of allylic oxidation sites excluding steroid dienone is 1. The molecule has 2 rings (SSSR count). The van der Waals surface area contributed by atoms with Crippen molar-refractivity contribution in [2.24, 2.45) is 17.3 Å². The standard InChI is InChI=1S/C14H22O2/c1-9(2)10-6-11-13(3,4)8-16-14(11,5)12(15)7-10/h10-11H,1,6-8H2,2-5H3/t10-,11-,14+/m1/s1. The van der Waals surface area contributed by atoms with Crippen LogP contribution in [-0.2, 0) is 9.53 Å². The van der Waals surface area contributed by atoms with E-state index in [0.29, 0.717) is 24.9 Å². The minimum absolute atomic E-state index is 0.110. The molecule has 16 heavy (non-hydrogen) atoms. The lowest BCUT2D eigenvalue weighted by molar-refractivity contribution is -0.145. The lowest BCUT2D eigenvalue weighted by Crippen LogP contribution is -2.49. The summed E-state index contributed by atoms with van der Waals surface area (Å²) in [5.74, 6) is 0.955. The Bertz CT molecular complexity index is 343. The molecule has 1 aliphatic heterocycles. The minimum Gasteiger partial charge on any atom is -0.367 e. The van der Waals surface area contributed by atoms with Gasteiger partial charge in [0.05, 0.1) is 6.61 Å². The Hall–Kier alpha value is -0.630. The Kier molecular flexibility index (Phi) is 2.54. The molecule has 0 amide bonds. The van der Waals surface area contributed by atoms with Gasteiger partial charge < -0.3 is 4.74 Å². The summed E-state index contributed by atoms with van der Waals surface area (Å²) in [5.41, 5.74) is 0.714. The number of carbonyl (C=O) groups is 1. The highest BCUT2D eigenvalue weighted by atomic mass is 16.5. The fourth-order valence-corrected chi connectivity index (χ4v) is 3.27. The molecule has 0 aromatic heterocycles. The van der Waals surface area contributed by atoms with Crippen LogP contribution in [0, 0.1) is 17.3 Å². The molecule has 2 heteroatoms.